The Kier molecular flexibility index (Phi) is 17.1. The van der Waals surface area contributed by atoms with E-state index in [4.69, 9.17) is 9.26 Å². The molecule has 5 aromatic rings. The van der Waals surface area contributed by atoms with E-state index in [0.29, 0.717) is 37.1 Å². The van der Waals surface area contributed by atoms with Gasteiger partial charge >= 0.3 is 0 Å². The highest BCUT2D eigenvalue weighted by Gasteiger charge is 2.44. The molecule has 1 aliphatic carbocycles. The fourth-order valence-electron chi connectivity index (χ4n) is 8.88. The summed E-state index contributed by atoms with van der Waals surface area (Å²) in [5.41, 5.74) is 6.59. The summed E-state index contributed by atoms with van der Waals surface area (Å²) < 4.78 is 11.2. The fraction of sp³-hybridized carbons (Fsp3) is 0.434. The number of fused-ring (bicyclic) bond motifs is 1. The van der Waals surface area contributed by atoms with Gasteiger partial charge in [-0.15, -0.1) is 11.3 Å². The maximum absolute atomic E-state index is 14.0. The SMILES string of the molecule is Cc1ncsc1-c1ccc(CNC(=O)[C@@H]2C[C@@H](O)CN2C(=O)C(NC(=O)CCCCCCNC(=O)COc2ccc3c(c2)[C@H](NC(=O)c2cc(-c4ccc(C(=O)N(C)C)c(O)c4)on2)CC3)C(C)(C)C)cc1. The molecule has 0 saturated carbocycles. The smallest absolute Gasteiger partial charge is 0.273 e. The quantitative estimate of drug-likeness (QED) is 0.0503. The van der Waals surface area contributed by atoms with Crippen LogP contribution < -0.4 is 26.0 Å². The molecule has 19 heteroatoms. The lowest BCUT2D eigenvalue weighted by Gasteiger charge is -2.35. The van der Waals surface area contributed by atoms with Crippen LogP contribution in [0.3, 0.4) is 0 Å². The first-order valence-electron chi connectivity index (χ1n) is 24.3. The second-order valence-corrected chi connectivity index (χ2v) is 20.5. The van der Waals surface area contributed by atoms with Gasteiger partial charge in [0.2, 0.25) is 17.7 Å². The van der Waals surface area contributed by atoms with Crippen LogP contribution in [0.4, 0.5) is 0 Å². The van der Waals surface area contributed by atoms with Crippen LogP contribution in [0.15, 0.2) is 76.8 Å². The Hall–Kier alpha value is -7.12. The number of carbonyl (C=O) groups is 6. The number of carbonyl (C=O) groups excluding carboxylic acids is 6. The molecule has 4 atom stereocenters. The predicted molar refractivity (Wildman–Crippen MR) is 270 cm³/mol. The highest BCUT2D eigenvalue weighted by atomic mass is 32.1. The van der Waals surface area contributed by atoms with Crippen molar-refractivity contribution in [3.05, 3.63) is 106 Å². The minimum absolute atomic E-state index is 0.00853. The van der Waals surface area contributed by atoms with Gasteiger partial charge in [0.15, 0.2) is 18.1 Å². The molecular weight excluding hydrogens is 941 g/mol. The minimum Gasteiger partial charge on any atom is -0.507 e. The van der Waals surface area contributed by atoms with Gasteiger partial charge in [0.25, 0.3) is 17.7 Å². The van der Waals surface area contributed by atoms with Gasteiger partial charge in [-0.3, -0.25) is 28.8 Å². The average molecular weight is 1010 g/mol. The van der Waals surface area contributed by atoms with E-state index in [1.807, 2.05) is 69.6 Å². The standard InChI is InChI=1S/C53H64N8O10S/c1-31-47(72-30-56-31)34-14-12-32(13-15-34)27-55-50(67)42-24-36(62)28-61(42)52(69)48(53(2,3)4)58-45(64)11-9-7-8-10-22-54-46(65)29-70-37-19-16-33-18-21-40(39(33)25-37)57-49(66)41-26-44(71-59-41)35-17-20-38(43(63)23-35)51(68)60(5)6/h12-17,19-20,23,25-26,30,36,40,42,48,62-63H,7-11,18,21-22,24,27-29H2,1-6H3,(H,54,65)(H,55,67)(H,57,66)(H,58,64)/t36-,40-,42+,48?/m1/s1. The fourth-order valence-corrected chi connectivity index (χ4v) is 9.69. The Morgan fingerprint density at radius 3 is 2.39 bits per heavy atom. The van der Waals surface area contributed by atoms with Crippen LogP contribution in [0.1, 0.15) is 115 Å². The van der Waals surface area contributed by atoms with Crippen molar-refractivity contribution in [1.29, 1.82) is 0 Å². The van der Waals surface area contributed by atoms with Crippen molar-refractivity contribution in [2.24, 2.45) is 5.41 Å². The minimum atomic E-state index is -0.915. The molecule has 2 aromatic heterocycles. The first kappa shape index (κ1) is 52.7. The number of aliphatic hydroxyl groups is 1. The van der Waals surface area contributed by atoms with E-state index in [1.165, 1.54) is 28.0 Å². The number of phenolic OH excluding ortho intramolecular Hbond substituents is 1. The largest absolute Gasteiger partial charge is 0.507 e. The number of thiazole rings is 1. The summed E-state index contributed by atoms with van der Waals surface area (Å²) in [7, 11) is 3.17. The topological polar surface area (TPSA) is 246 Å². The monoisotopic (exact) mass is 1000 g/mol. The van der Waals surface area contributed by atoms with Crippen molar-refractivity contribution < 1.29 is 48.2 Å². The Bertz CT molecular complexity index is 2760. The molecule has 1 unspecified atom stereocenters. The van der Waals surface area contributed by atoms with Gasteiger partial charge in [-0.25, -0.2) is 4.98 Å². The molecule has 0 radical (unpaired) electrons. The van der Waals surface area contributed by atoms with Gasteiger partial charge in [0.05, 0.1) is 33.8 Å². The van der Waals surface area contributed by atoms with Crippen molar-refractivity contribution in [2.45, 2.75) is 110 Å². The van der Waals surface area contributed by atoms with E-state index in [2.05, 4.69) is 31.4 Å². The van der Waals surface area contributed by atoms with Crippen molar-refractivity contribution in [3.63, 3.8) is 0 Å². The summed E-state index contributed by atoms with van der Waals surface area (Å²) in [6.07, 6.45) is 3.58. The summed E-state index contributed by atoms with van der Waals surface area (Å²) >= 11 is 1.57. The molecule has 1 aliphatic heterocycles. The van der Waals surface area contributed by atoms with Gasteiger partial charge in [0.1, 0.15) is 23.6 Å². The maximum atomic E-state index is 14.0. The maximum Gasteiger partial charge on any atom is 0.273 e. The molecule has 2 aliphatic rings. The molecule has 6 N–H and O–H groups in total. The van der Waals surface area contributed by atoms with Crippen LogP contribution >= 0.6 is 11.3 Å². The normalized spacial score (nSPS) is 16.7. The number of nitrogens with one attached hydrogen (secondary N) is 4. The molecule has 3 heterocycles. The van der Waals surface area contributed by atoms with E-state index >= 15 is 0 Å². The first-order chi connectivity index (χ1) is 34.4. The average Bonchev–Trinajstić information content (AvgIpc) is 4.18. The van der Waals surface area contributed by atoms with Crippen LogP contribution in [0.25, 0.3) is 21.8 Å². The van der Waals surface area contributed by atoms with E-state index in [0.717, 1.165) is 52.1 Å². The molecule has 1 saturated heterocycles. The van der Waals surface area contributed by atoms with Crippen LogP contribution in [-0.2, 0) is 32.1 Å². The molecule has 72 heavy (non-hydrogen) atoms. The lowest BCUT2D eigenvalue weighted by molar-refractivity contribution is -0.144. The molecule has 7 rings (SSSR count). The first-order valence-corrected chi connectivity index (χ1v) is 25.1. The number of aromatic hydroxyl groups is 1. The number of hydrogen-bond acceptors (Lipinski definition) is 13. The van der Waals surface area contributed by atoms with Crippen LogP contribution in [0, 0.1) is 12.3 Å². The lowest BCUT2D eigenvalue weighted by Crippen LogP contribution is -2.57. The number of amides is 6. The van der Waals surface area contributed by atoms with Crippen molar-refractivity contribution >= 4 is 46.8 Å². The number of aryl methyl sites for hydroxylation is 2. The number of ether oxygens (including phenoxy) is 1. The van der Waals surface area contributed by atoms with Crippen molar-refractivity contribution in [2.75, 3.05) is 33.8 Å². The predicted octanol–water partition coefficient (Wildman–Crippen LogP) is 5.85. The molecule has 18 nitrogen and oxygen atoms in total. The second-order valence-electron chi connectivity index (χ2n) is 19.7. The van der Waals surface area contributed by atoms with Crippen LogP contribution in [0.2, 0.25) is 0 Å². The second kappa shape index (κ2) is 23.4. The third kappa shape index (κ3) is 13.2. The number of aliphatic hydroxyl groups excluding tert-OH is 1. The Balaban J connectivity index is 0.794. The van der Waals surface area contributed by atoms with Crippen LogP contribution in [-0.4, -0.2) is 118 Å². The number of β-amino-alcohol motifs (C(OH)–C–C–N with tert-alkyl or cyclic N) is 1. The summed E-state index contributed by atoms with van der Waals surface area (Å²) in [6, 6.07) is 17.2. The van der Waals surface area contributed by atoms with Gasteiger partial charge < -0.3 is 50.5 Å². The van der Waals surface area contributed by atoms with E-state index in [9.17, 15) is 39.0 Å². The molecule has 3 aromatic carbocycles. The van der Waals surface area contributed by atoms with E-state index < -0.39 is 35.4 Å². The highest BCUT2D eigenvalue weighted by molar-refractivity contribution is 7.13. The number of unbranched alkanes of at least 4 members (excludes halogenated alkanes) is 3. The number of aromatic nitrogens is 2. The molecular formula is C53H64N8O10S. The number of rotatable bonds is 20. The summed E-state index contributed by atoms with van der Waals surface area (Å²) in [4.78, 5) is 87.0. The summed E-state index contributed by atoms with van der Waals surface area (Å²) in [5, 5.41) is 36.7. The summed E-state index contributed by atoms with van der Waals surface area (Å²) in [6.45, 7) is 7.99. The van der Waals surface area contributed by atoms with E-state index in [1.54, 1.807) is 37.6 Å². The van der Waals surface area contributed by atoms with Gasteiger partial charge in [0, 0.05) is 58.2 Å². The Labute approximate surface area is 422 Å². The molecule has 6 amide bonds. The molecule has 0 spiro atoms. The summed E-state index contributed by atoms with van der Waals surface area (Å²) in [5.74, 6) is -1.64. The molecule has 382 valence electrons. The molecule has 1 fully saturated rings. The Morgan fingerprint density at radius 1 is 0.931 bits per heavy atom. The number of benzene rings is 3. The highest BCUT2D eigenvalue weighted by Crippen LogP contribution is 2.35. The molecule has 0 bridgehead atoms. The Morgan fingerprint density at radius 2 is 1.68 bits per heavy atom. The zero-order chi connectivity index (χ0) is 51.7. The number of hydrogen-bond donors (Lipinski definition) is 6. The third-order valence-corrected chi connectivity index (χ3v) is 13.9. The number of nitrogens with zero attached hydrogens (tertiary/aromatic N) is 4. The third-order valence-electron chi connectivity index (χ3n) is 12.9. The van der Waals surface area contributed by atoms with Gasteiger partial charge in [-0.05, 0) is 84.5 Å². The van der Waals surface area contributed by atoms with Crippen molar-refractivity contribution in [3.8, 4) is 33.3 Å². The number of likely N-dealkylation sites (tertiary alicyclic amines) is 1. The van der Waals surface area contributed by atoms with Gasteiger partial charge in [-0.2, -0.15) is 0 Å². The van der Waals surface area contributed by atoms with Crippen LogP contribution in [0.5, 0.6) is 11.5 Å². The van der Waals surface area contributed by atoms with E-state index in [-0.39, 0.29) is 85.0 Å². The van der Waals surface area contributed by atoms with Crippen molar-refractivity contribution in [1.82, 2.24) is 41.2 Å². The lowest BCUT2D eigenvalue weighted by atomic mass is 9.85. The zero-order valence-corrected chi connectivity index (χ0v) is 42.4. The zero-order valence-electron chi connectivity index (χ0n) is 41.6. The van der Waals surface area contributed by atoms with Gasteiger partial charge in [-0.1, -0.05) is 75.2 Å². The number of phenols is 1.